The van der Waals surface area contributed by atoms with Crippen LogP contribution in [-0.2, 0) is 0 Å². The predicted octanol–water partition coefficient (Wildman–Crippen LogP) is 4.84. The second-order valence-corrected chi connectivity index (χ2v) is 7.85. The molecule has 8 nitrogen and oxygen atoms in total. The fourth-order valence-corrected chi connectivity index (χ4v) is 3.49. The predicted molar refractivity (Wildman–Crippen MR) is 123 cm³/mol. The fraction of sp³-hybridized carbons (Fsp3) is 0.160. The molecule has 0 bridgehead atoms. The van der Waals surface area contributed by atoms with E-state index in [0.717, 1.165) is 5.56 Å². The Morgan fingerprint density at radius 1 is 1.06 bits per heavy atom. The van der Waals surface area contributed by atoms with Gasteiger partial charge in [0.2, 0.25) is 6.79 Å². The van der Waals surface area contributed by atoms with E-state index in [0.29, 0.717) is 28.7 Å². The normalized spacial score (nSPS) is 12.1. The van der Waals surface area contributed by atoms with E-state index in [4.69, 9.17) is 14.2 Å². The van der Waals surface area contributed by atoms with Gasteiger partial charge in [0.15, 0.2) is 17.3 Å². The van der Waals surface area contributed by atoms with Crippen LogP contribution in [0.4, 0.5) is 10.1 Å². The standard InChI is InChI=1S/C25H21FN4O4/c1-15(2)34-25-28-23(16-7-12-21-22(13-16)33-14-32-21)30(29-25)18-10-8-17(9-11-18)27-24(31)19-5-3-4-6-20(19)26/h3-13,15H,14H2,1-2H3,(H,27,31). The van der Waals surface area contributed by atoms with Crippen molar-refractivity contribution in [1.29, 1.82) is 0 Å². The third-order valence-electron chi connectivity index (χ3n) is 5.05. The van der Waals surface area contributed by atoms with Crippen molar-refractivity contribution < 1.29 is 23.4 Å². The third-order valence-corrected chi connectivity index (χ3v) is 5.05. The number of halogens is 1. The van der Waals surface area contributed by atoms with Gasteiger partial charge in [0, 0.05) is 11.3 Å². The molecule has 0 aliphatic carbocycles. The van der Waals surface area contributed by atoms with Crippen LogP contribution in [0.25, 0.3) is 17.1 Å². The largest absolute Gasteiger partial charge is 0.460 e. The van der Waals surface area contributed by atoms with Crippen LogP contribution in [0, 0.1) is 5.82 Å². The van der Waals surface area contributed by atoms with Crippen molar-refractivity contribution in [2.24, 2.45) is 0 Å². The summed E-state index contributed by atoms with van der Waals surface area (Å²) in [5, 5.41) is 7.22. The summed E-state index contributed by atoms with van der Waals surface area (Å²) in [7, 11) is 0. The first-order chi connectivity index (χ1) is 16.5. The van der Waals surface area contributed by atoms with Gasteiger partial charge < -0.3 is 19.5 Å². The molecule has 1 aromatic heterocycles. The molecule has 5 rings (SSSR count). The Bertz CT molecular complexity index is 1350. The van der Waals surface area contributed by atoms with Crippen LogP contribution in [-0.4, -0.2) is 33.6 Å². The van der Waals surface area contributed by atoms with Gasteiger partial charge in [-0.3, -0.25) is 4.79 Å². The maximum Gasteiger partial charge on any atom is 0.336 e. The summed E-state index contributed by atoms with van der Waals surface area (Å²) in [6, 6.07) is 18.6. The highest BCUT2D eigenvalue weighted by atomic mass is 19.1. The first kappa shape index (κ1) is 21.4. The topological polar surface area (TPSA) is 87.5 Å². The summed E-state index contributed by atoms with van der Waals surface area (Å²) in [4.78, 5) is 17.0. The maximum atomic E-state index is 13.9. The van der Waals surface area contributed by atoms with Crippen molar-refractivity contribution in [2.45, 2.75) is 20.0 Å². The maximum absolute atomic E-state index is 13.9. The van der Waals surface area contributed by atoms with Crippen LogP contribution in [0.1, 0.15) is 24.2 Å². The molecule has 0 radical (unpaired) electrons. The number of nitrogens with zero attached hydrogens (tertiary/aromatic N) is 3. The molecule has 172 valence electrons. The number of nitrogens with one attached hydrogen (secondary N) is 1. The van der Waals surface area contributed by atoms with E-state index in [2.05, 4.69) is 15.4 Å². The number of aromatic nitrogens is 3. The molecule has 4 aromatic rings. The van der Waals surface area contributed by atoms with Crippen molar-refractivity contribution in [3.8, 4) is 34.6 Å². The van der Waals surface area contributed by atoms with Gasteiger partial charge in [-0.1, -0.05) is 12.1 Å². The molecule has 3 aromatic carbocycles. The molecule has 0 spiro atoms. The van der Waals surface area contributed by atoms with E-state index in [9.17, 15) is 9.18 Å². The van der Waals surface area contributed by atoms with Crippen LogP contribution in [0.5, 0.6) is 17.5 Å². The molecule has 1 N–H and O–H groups in total. The van der Waals surface area contributed by atoms with Gasteiger partial charge in [0.1, 0.15) is 5.82 Å². The van der Waals surface area contributed by atoms with Crippen LogP contribution >= 0.6 is 0 Å². The third kappa shape index (κ3) is 4.27. The molecular formula is C25H21FN4O4. The minimum atomic E-state index is -0.578. The highest BCUT2D eigenvalue weighted by molar-refractivity contribution is 6.04. The minimum absolute atomic E-state index is 0.0246. The summed E-state index contributed by atoms with van der Waals surface area (Å²) >= 11 is 0. The van der Waals surface area contributed by atoms with Crippen molar-refractivity contribution in [3.63, 3.8) is 0 Å². The van der Waals surface area contributed by atoms with E-state index in [1.54, 1.807) is 35.0 Å². The molecule has 1 amide bonds. The van der Waals surface area contributed by atoms with E-state index >= 15 is 0 Å². The number of ether oxygens (including phenoxy) is 3. The second-order valence-electron chi connectivity index (χ2n) is 7.85. The number of carbonyl (C=O) groups is 1. The molecule has 1 aliphatic heterocycles. The van der Waals surface area contributed by atoms with Gasteiger partial charge in [-0.05, 0) is 68.4 Å². The minimum Gasteiger partial charge on any atom is -0.460 e. The summed E-state index contributed by atoms with van der Waals surface area (Å²) in [5.41, 5.74) is 1.96. The molecule has 9 heteroatoms. The summed E-state index contributed by atoms with van der Waals surface area (Å²) in [6.07, 6.45) is -0.101. The smallest absolute Gasteiger partial charge is 0.336 e. The summed E-state index contributed by atoms with van der Waals surface area (Å²) in [5.74, 6) is 0.746. The molecule has 0 fully saturated rings. The van der Waals surface area contributed by atoms with Crippen molar-refractivity contribution >= 4 is 11.6 Å². The van der Waals surface area contributed by atoms with Crippen molar-refractivity contribution in [2.75, 3.05) is 12.1 Å². The number of benzene rings is 3. The van der Waals surface area contributed by atoms with Crippen LogP contribution in [0.2, 0.25) is 0 Å². The average Bonchev–Trinajstić information content (AvgIpc) is 3.46. The van der Waals surface area contributed by atoms with Crippen LogP contribution < -0.4 is 19.5 Å². The van der Waals surface area contributed by atoms with E-state index < -0.39 is 11.7 Å². The lowest BCUT2D eigenvalue weighted by Crippen LogP contribution is -2.13. The molecule has 1 aliphatic rings. The van der Waals surface area contributed by atoms with E-state index in [-0.39, 0.29) is 24.5 Å². The van der Waals surface area contributed by atoms with E-state index in [1.165, 1.54) is 18.2 Å². The van der Waals surface area contributed by atoms with Gasteiger partial charge >= 0.3 is 6.01 Å². The highest BCUT2D eigenvalue weighted by Gasteiger charge is 2.20. The van der Waals surface area contributed by atoms with Gasteiger partial charge in [-0.2, -0.15) is 4.98 Å². The second kappa shape index (κ2) is 8.86. The molecule has 34 heavy (non-hydrogen) atoms. The Labute approximate surface area is 194 Å². The summed E-state index contributed by atoms with van der Waals surface area (Å²) < 4.78 is 32.2. The van der Waals surface area contributed by atoms with E-state index in [1.807, 2.05) is 32.0 Å². The monoisotopic (exact) mass is 460 g/mol. The quantitative estimate of drug-likeness (QED) is 0.443. The van der Waals surface area contributed by atoms with Gasteiger partial charge in [0.05, 0.1) is 17.4 Å². The molecule has 2 heterocycles. The molecule has 0 atom stereocenters. The number of hydrogen-bond donors (Lipinski definition) is 1. The summed E-state index contributed by atoms with van der Waals surface area (Å²) in [6.45, 7) is 3.97. The van der Waals surface area contributed by atoms with Gasteiger partial charge in [-0.25, -0.2) is 9.07 Å². The molecule has 0 unspecified atom stereocenters. The van der Waals surface area contributed by atoms with Crippen LogP contribution in [0.15, 0.2) is 66.7 Å². The fourth-order valence-electron chi connectivity index (χ4n) is 3.49. The number of carbonyl (C=O) groups excluding carboxylic acids is 1. The van der Waals surface area contributed by atoms with Gasteiger partial charge in [0.25, 0.3) is 5.91 Å². The number of hydrogen-bond acceptors (Lipinski definition) is 6. The molecular weight excluding hydrogens is 439 g/mol. The van der Waals surface area contributed by atoms with Crippen molar-refractivity contribution in [1.82, 2.24) is 14.8 Å². The number of fused-ring (bicyclic) bond motifs is 1. The SMILES string of the molecule is CC(C)Oc1nc(-c2ccc3c(c2)OCO3)n(-c2ccc(NC(=O)c3ccccc3F)cc2)n1. The lowest BCUT2D eigenvalue weighted by molar-refractivity contribution is 0.102. The zero-order valence-electron chi connectivity index (χ0n) is 18.5. The first-order valence-corrected chi connectivity index (χ1v) is 10.7. The lowest BCUT2D eigenvalue weighted by atomic mass is 10.1. The first-order valence-electron chi connectivity index (χ1n) is 10.7. The number of anilines is 1. The Kier molecular flexibility index (Phi) is 5.59. The average molecular weight is 460 g/mol. The Balaban J connectivity index is 1.45. The Morgan fingerprint density at radius 2 is 1.82 bits per heavy atom. The lowest BCUT2D eigenvalue weighted by Gasteiger charge is -2.09. The number of rotatable bonds is 6. The highest BCUT2D eigenvalue weighted by Crippen LogP contribution is 2.36. The Morgan fingerprint density at radius 3 is 2.59 bits per heavy atom. The van der Waals surface area contributed by atoms with Crippen LogP contribution in [0.3, 0.4) is 0 Å². The Hall–Kier alpha value is -4.40. The molecule has 0 saturated carbocycles. The van der Waals surface area contributed by atoms with Gasteiger partial charge in [-0.15, -0.1) is 5.10 Å². The number of amides is 1. The zero-order chi connectivity index (χ0) is 23.7. The zero-order valence-corrected chi connectivity index (χ0v) is 18.5. The van der Waals surface area contributed by atoms with Crippen molar-refractivity contribution in [3.05, 3.63) is 78.1 Å². The molecule has 0 saturated heterocycles.